The van der Waals surface area contributed by atoms with Crippen LogP contribution in [-0.4, -0.2) is 24.5 Å². The van der Waals surface area contributed by atoms with E-state index in [4.69, 9.17) is 11.6 Å². The van der Waals surface area contributed by atoms with E-state index < -0.39 is 0 Å². The molecule has 3 heterocycles. The molecule has 108 valence electrons. The number of H-pyrrole nitrogens is 1. The molecule has 3 aromatic heterocycles. The highest BCUT2D eigenvalue weighted by Gasteiger charge is 2.18. The van der Waals surface area contributed by atoms with Crippen molar-refractivity contribution < 1.29 is 0 Å². The highest BCUT2D eigenvalue weighted by molar-refractivity contribution is 6.28. The summed E-state index contributed by atoms with van der Waals surface area (Å²) < 4.78 is 1.51. The van der Waals surface area contributed by atoms with Crippen LogP contribution in [0.5, 0.6) is 0 Å². The molecule has 0 spiro atoms. The van der Waals surface area contributed by atoms with Gasteiger partial charge in [-0.3, -0.25) is 4.98 Å². The lowest BCUT2D eigenvalue weighted by Crippen LogP contribution is -2.19. The molecule has 0 aliphatic carbocycles. The maximum atomic E-state index is 12.3. The van der Waals surface area contributed by atoms with Gasteiger partial charge >= 0.3 is 5.69 Å². The number of imidazole rings is 1. The smallest absolute Gasteiger partial charge is 0.303 e. The summed E-state index contributed by atoms with van der Waals surface area (Å²) in [6.07, 6.45) is 3.25. The molecule has 0 saturated heterocycles. The second-order valence-corrected chi connectivity index (χ2v) is 5.50. The molecule has 0 amide bonds. The Labute approximate surface area is 125 Å². The third kappa shape index (κ3) is 2.21. The Kier molecular flexibility index (Phi) is 3.25. The summed E-state index contributed by atoms with van der Waals surface area (Å²) in [5, 5.41) is 0.0999. The van der Waals surface area contributed by atoms with E-state index >= 15 is 0 Å². The summed E-state index contributed by atoms with van der Waals surface area (Å²) >= 11 is 5.86. The quantitative estimate of drug-likeness (QED) is 0.738. The van der Waals surface area contributed by atoms with Crippen molar-refractivity contribution in [1.82, 2.24) is 24.5 Å². The normalized spacial score (nSPS) is 11.5. The van der Waals surface area contributed by atoms with Gasteiger partial charge in [0.1, 0.15) is 5.52 Å². The van der Waals surface area contributed by atoms with Crippen LogP contribution in [-0.2, 0) is 0 Å². The molecule has 0 aliphatic rings. The zero-order valence-corrected chi connectivity index (χ0v) is 12.6. The number of aryl methyl sites for hydroxylation is 1. The second-order valence-electron chi connectivity index (χ2n) is 5.16. The molecule has 6 nitrogen and oxygen atoms in total. The number of aromatic nitrogens is 5. The Balaban J connectivity index is 2.44. The van der Waals surface area contributed by atoms with Crippen LogP contribution in [0.15, 0.2) is 23.3 Å². The highest BCUT2D eigenvalue weighted by atomic mass is 35.5. The number of nitrogens with zero attached hydrogens (tertiary/aromatic N) is 4. The number of hydrogen-bond donors (Lipinski definition) is 1. The molecule has 0 unspecified atom stereocenters. The van der Waals surface area contributed by atoms with E-state index in [1.54, 1.807) is 6.20 Å². The van der Waals surface area contributed by atoms with E-state index in [1.165, 1.54) is 10.8 Å². The lowest BCUT2D eigenvalue weighted by Gasteiger charge is -2.14. The number of rotatable bonds is 2. The predicted octanol–water partition coefficient (Wildman–Crippen LogP) is 2.59. The Hall–Kier alpha value is -2.21. The van der Waals surface area contributed by atoms with Crippen molar-refractivity contribution in [3.8, 4) is 5.69 Å². The lowest BCUT2D eigenvalue weighted by molar-refractivity contribution is 0.796. The van der Waals surface area contributed by atoms with Crippen LogP contribution in [0.2, 0.25) is 5.28 Å². The first-order chi connectivity index (χ1) is 9.99. The lowest BCUT2D eigenvalue weighted by atomic mass is 10.0. The molecule has 21 heavy (non-hydrogen) atoms. The Bertz CT molecular complexity index is 881. The van der Waals surface area contributed by atoms with Crippen molar-refractivity contribution in [3.05, 3.63) is 45.5 Å². The Morgan fingerprint density at radius 3 is 2.81 bits per heavy atom. The molecule has 7 heteroatoms. The molecule has 0 saturated carbocycles. The first-order valence-corrected chi connectivity index (χ1v) is 6.96. The standard InChI is InChI=1S/C14H14ClN5O/c1-7(2)10-11(8(3)4-5-16-10)20-12-9(18-14(20)21)6-17-13(15)19-12/h4-7H,1-3H3,(H,18,21). The molecule has 1 N–H and O–H groups in total. The van der Waals surface area contributed by atoms with Gasteiger partial charge in [-0.1, -0.05) is 13.8 Å². The average molecular weight is 304 g/mol. The number of nitrogens with one attached hydrogen (secondary N) is 1. The molecular formula is C14H14ClN5O. The van der Waals surface area contributed by atoms with E-state index in [0.29, 0.717) is 11.2 Å². The predicted molar refractivity (Wildman–Crippen MR) is 81.1 cm³/mol. The van der Waals surface area contributed by atoms with Crippen LogP contribution >= 0.6 is 11.6 Å². The molecule has 0 radical (unpaired) electrons. The zero-order valence-electron chi connectivity index (χ0n) is 11.9. The third-order valence-electron chi connectivity index (χ3n) is 3.32. The van der Waals surface area contributed by atoms with Crippen molar-refractivity contribution >= 4 is 22.8 Å². The van der Waals surface area contributed by atoms with Crippen LogP contribution in [0, 0.1) is 6.92 Å². The molecular weight excluding hydrogens is 290 g/mol. The summed E-state index contributed by atoms with van der Waals surface area (Å²) in [6.45, 7) is 6.01. The van der Waals surface area contributed by atoms with Crippen LogP contribution in [0.3, 0.4) is 0 Å². The third-order valence-corrected chi connectivity index (χ3v) is 3.50. The van der Waals surface area contributed by atoms with Gasteiger partial charge in [-0.05, 0) is 36.1 Å². The van der Waals surface area contributed by atoms with Gasteiger partial charge in [-0.25, -0.2) is 14.3 Å². The van der Waals surface area contributed by atoms with E-state index in [1.807, 2.05) is 26.8 Å². The van der Waals surface area contributed by atoms with Crippen LogP contribution < -0.4 is 5.69 Å². The van der Waals surface area contributed by atoms with Gasteiger partial charge < -0.3 is 4.98 Å². The topological polar surface area (TPSA) is 76.5 Å². The maximum Gasteiger partial charge on any atom is 0.332 e. The van der Waals surface area contributed by atoms with Gasteiger partial charge in [0.05, 0.1) is 17.6 Å². The summed E-state index contributed by atoms with van der Waals surface area (Å²) in [5.74, 6) is 0.175. The van der Waals surface area contributed by atoms with Gasteiger partial charge in [-0.15, -0.1) is 0 Å². The monoisotopic (exact) mass is 303 g/mol. The van der Waals surface area contributed by atoms with Crippen molar-refractivity contribution in [1.29, 1.82) is 0 Å². The van der Waals surface area contributed by atoms with Crippen LogP contribution in [0.4, 0.5) is 0 Å². The summed E-state index contributed by atoms with van der Waals surface area (Å²) in [7, 11) is 0. The first-order valence-electron chi connectivity index (χ1n) is 6.58. The molecule has 0 aromatic carbocycles. The molecule has 0 aliphatic heterocycles. The summed E-state index contributed by atoms with van der Waals surface area (Å²) in [4.78, 5) is 27.6. The van der Waals surface area contributed by atoms with Gasteiger partial charge in [0.15, 0.2) is 5.65 Å². The van der Waals surface area contributed by atoms with Gasteiger partial charge in [0, 0.05) is 6.20 Å². The Morgan fingerprint density at radius 2 is 2.10 bits per heavy atom. The van der Waals surface area contributed by atoms with E-state index in [2.05, 4.69) is 19.9 Å². The van der Waals surface area contributed by atoms with Crippen molar-refractivity contribution in [2.75, 3.05) is 0 Å². The highest BCUT2D eigenvalue weighted by Crippen LogP contribution is 2.25. The molecule has 0 bridgehead atoms. The van der Waals surface area contributed by atoms with Crippen molar-refractivity contribution in [3.63, 3.8) is 0 Å². The van der Waals surface area contributed by atoms with Gasteiger partial charge in [0.2, 0.25) is 5.28 Å². The number of hydrogen-bond acceptors (Lipinski definition) is 4. The van der Waals surface area contributed by atoms with Gasteiger partial charge in [-0.2, -0.15) is 4.98 Å². The fourth-order valence-electron chi connectivity index (χ4n) is 2.37. The van der Waals surface area contributed by atoms with E-state index in [9.17, 15) is 4.79 Å². The minimum atomic E-state index is -0.278. The maximum absolute atomic E-state index is 12.3. The first kappa shape index (κ1) is 13.8. The summed E-state index contributed by atoms with van der Waals surface area (Å²) in [5.41, 5.74) is 3.26. The average Bonchev–Trinajstić information content (AvgIpc) is 2.74. The fourth-order valence-corrected chi connectivity index (χ4v) is 2.50. The Morgan fingerprint density at radius 1 is 1.33 bits per heavy atom. The van der Waals surface area contributed by atoms with Crippen LogP contribution in [0.1, 0.15) is 31.0 Å². The second kappa shape index (κ2) is 4.96. The van der Waals surface area contributed by atoms with Gasteiger partial charge in [0.25, 0.3) is 0 Å². The fraction of sp³-hybridized carbons (Fsp3) is 0.286. The largest absolute Gasteiger partial charge is 0.332 e. The van der Waals surface area contributed by atoms with Crippen molar-refractivity contribution in [2.45, 2.75) is 26.7 Å². The number of halogens is 1. The number of pyridine rings is 1. The molecule has 3 rings (SSSR count). The van der Waals surface area contributed by atoms with Crippen LogP contribution in [0.25, 0.3) is 16.9 Å². The number of aromatic amines is 1. The molecule has 3 aromatic rings. The summed E-state index contributed by atoms with van der Waals surface area (Å²) in [6, 6.07) is 1.87. The molecule has 0 atom stereocenters. The van der Waals surface area contributed by atoms with Crippen molar-refractivity contribution in [2.24, 2.45) is 0 Å². The van der Waals surface area contributed by atoms with E-state index in [0.717, 1.165) is 16.9 Å². The SMILES string of the molecule is Cc1ccnc(C(C)C)c1-n1c(=O)[nH]c2cnc(Cl)nc21. The van der Waals surface area contributed by atoms with E-state index in [-0.39, 0.29) is 16.9 Å². The zero-order chi connectivity index (χ0) is 15.1. The number of fused-ring (bicyclic) bond motifs is 1. The minimum Gasteiger partial charge on any atom is -0.303 e. The minimum absolute atomic E-state index is 0.0999. The molecule has 0 fully saturated rings.